The van der Waals surface area contributed by atoms with Crippen LogP contribution in [0.4, 0.5) is 0 Å². The average Bonchev–Trinajstić information content (AvgIpc) is 3.27. The quantitative estimate of drug-likeness (QED) is 0.777. The number of aliphatic carboxylic acids is 1. The van der Waals surface area contributed by atoms with Crippen LogP contribution in [0.5, 0.6) is 5.75 Å². The van der Waals surface area contributed by atoms with Gasteiger partial charge in [0.1, 0.15) is 17.6 Å². The first-order valence-corrected chi connectivity index (χ1v) is 8.89. The zero-order valence-corrected chi connectivity index (χ0v) is 15.4. The normalized spacial score (nSPS) is 17.7. The number of carboxylic acid groups (broad SMARTS) is 1. The van der Waals surface area contributed by atoms with Crippen LogP contribution in [0.3, 0.4) is 0 Å². The molecule has 2 atom stereocenters. The Morgan fingerprint density at radius 3 is 2.89 bits per heavy atom. The van der Waals surface area contributed by atoms with Crippen LogP contribution in [0, 0.1) is 6.92 Å². The third kappa shape index (κ3) is 4.24. The number of amides is 1. The molecule has 0 saturated carbocycles. The Hall–Kier alpha value is -2.97. The number of nitrogens with zero attached hydrogens (tertiary/aromatic N) is 5. The van der Waals surface area contributed by atoms with E-state index in [9.17, 15) is 9.59 Å². The van der Waals surface area contributed by atoms with Gasteiger partial charge in [0.2, 0.25) is 5.91 Å². The largest absolute Gasteiger partial charge is 0.497 e. The number of methoxy groups -OCH3 is 1. The number of aromatic nitrogens is 4. The van der Waals surface area contributed by atoms with Crippen LogP contribution in [0.2, 0.25) is 0 Å². The summed E-state index contributed by atoms with van der Waals surface area (Å²) in [4.78, 5) is 26.1. The van der Waals surface area contributed by atoms with Crippen molar-refractivity contribution in [2.45, 2.75) is 44.7 Å². The van der Waals surface area contributed by atoms with Gasteiger partial charge in [-0.1, -0.05) is 12.1 Å². The second-order valence-electron chi connectivity index (χ2n) is 6.67. The third-order valence-electron chi connectivity index (χ3n) is 4.87. The summed E-state index contributed by atoms with van der Waals surface area (Å²) in [5, 5.41) is 20.7. The molecule has 27 heavy (non-hydrogen) atoms. The molecule has 1 N–H and O–H groups in total. The van der Waals surface area contributed by atoms with E-state index in [-0.39, 0.29) is 18.4 Å². The molecule has 9 nitrogen and oxygen atoms in total. The fourth-order valence-electron chi connectivity index (χ4n) is 3.56. The molecular weight excluding hydrogens is 350 g/mol. The first kappa shape index (κ1) is 18.8. The number of hydrogen-bond acceptors (Lipinski definition) is 6. The molecule has 1 saturated heterocycles. The average molecular weight is 373 g/mol. The highest BCUT2D eigenvalue weighted by Crippen LogP contribution is 2.27. The van der Waals surface area contributed by atoms with Gasteiger partial charge >= 0.3 is 5.97 Å². The van der Waals surface area contributed by atoms with Crippen LogP contribution in [-0.4, -0.2) is 61.8 Å². The lowest BCUT2D eigenvalue weighted by molar-refractivity contribution is -0.141. The number of hydrogen-bond donors (Lipinski definition) is 1. The van der Waals surface area contributed by atoms with Crippen molar-refractivity contribution in [3.63, 3.8) is 0 Å². The van der Waals surface area contributed by atoms with E-state index in [1.54, 1.807) is 18.9 Å². The first-order chi connectivity index (χ1) is 13.0. The van der Waals surface area contributed by atoms with Gasteiger partial charge in [-0.15, -0.1) is 5.10 Å². The van der Waals surface area contributed by atoms with Crippen molar-refractivity contribution in [1.82, 2.24) is 25.1 Å². The Morgan fingerprint density at radius 1 is 1.41 bits per heavy atom. The minimum Gasteiger partial charge on any atom is -0.497 e. The van der Waals surface area contributed by atoms with Crippen molar-refractivity contribution < 1.29 is 19.4 Å². The van der Waals surface area contributed by atoms with Crippen LogP contribution in [0.1, 0.15) is 36.7 Å². The SMILES string of the molecule is COc1cccc(CC(C(=O)N2CCCC2CC(=O)O)n2nnnc2C)c1. The maximum Gasteiger partial charge on any atom is 0.305 e. The summed E-state index contributed by atoms with van der Waals surface area (Å²) in [7, 11) is 1.59. The molecule has 144 valence electrons. The maximum atomic E-state index is 13.3. The lowest BCUT2D eigenvalue weighted by Crippen LogP contribution is -2.42. The van der Waals surface area contributed by atoms with Gasteiger partial charge in [0.15, 0.2) is 0 Å². The van der Waals surface area contributed by atoms with Crippen molar-refractivity contribution in [2.75, 3.05) is 13.7 Å². The zero-order valence-electron chi connectivity index (χ0n) is 15.4. The minimum absolute atomic E-state index is 0.0494. The van der Waals surface area contributed by atoms with Gasteiger partial charge in [-0.05, 0) is 47.9 Å². The molecular formula is C18H23N5O4. The number of aryl methyl sites for hydroxylation is 1. The maximum absolute atomic E-state index is 13.3. The fraction of sp³-hybridized carbons (Fsp3) is 0.500. The highest BCUT2D eigenvalue weighted by Gasteiger charge is 2.36. The highest BCUT2D eigenvalue weighted by molar-refractivity contribution is 5.82. The summed E-state index contributed by atoms with van der Waals surface area (Å²) in [5.41, 5.74) is 0.914. The van der Waals surface area contributed by atoms with E-state index in [0.29, 0.717) is 31.0 Å². The predicted molar refractivity (Wildman–Crippen MR) is 95.3 cm³/mol. The molecule has 0 bridgehead atoms. The summed E-state index contributed by atoms with van der Waals surface area (Å²) < 4.78 is 6.78. The molecule has 2 unspecified atom stereocenters. The lowest BCUT2D eigenvalue weighted by atomic mass is 10.0. The van der Waals surface area contributed by atoms with E-state index in [1.165, 1.54) is 4.68 Å². The molecule has 1 aromatic carbocycles. The Balaban J connectivity index is 1.89. The van der Waals surface area contributed by atoms with Crippen LogP contribution >= 0.6 is 0 Å². The molecule has 1 aliphatic heterocycles. The van der Waals surface area contributed by atoms with Crippen molar-refractivity contribution in [3.05, 3.63) is 35.7 Å². The number of ether oxygens (including phenoxy) is 1. The van der Waals surface area contributed by atoms with E-state index in [4.69, 9.17) is 9.84 Å². The molecule has 1 aromatic heterocycles. The number of likely N-dealkylation sites (tertiary alicyclic amines) is 1. The highest BCUT2D eigenvalue weighted by atomic mass is 16.5. The predicted octanol–water partition coefficient (Wildman–Crippen LogP) is 1.24. The summed E-state index contributed by atoms with van der Waals surface area (Å²) in [5.74, 6) is 0.182. The van der Waals surface area contributed by atoms with Gasteiger partial charge in [0.05, 0.1) is 13.5 Å². The first-order valence-electron chi connectivity index (χ1n) is 8.89. The molecule has 1 amide bonds. The third-order valence-corrected chi connectivity index (χ3v) is 4.87. The summed E-state index contributed by atoms with van der Waals surface area (Å²) in [6.45, 7) is 2.29. The molecule has 9 heteroatoms. The Kier molecular flexibility index (Phi) is 5.68. The van der Waals surface area contributed by atoms with Gasteiger partial charge in [-0.3, -0.25) is 9.59 Å². The second kappa shape index (κ2) is 8.15. The van der Waals surface area contributed by atoms with Crippen LogP contribution in [0.15, 0.2) is 24.3 Å². The fourth-order valence-corrected chi connectivity index (χ4v) is 3.56. The van der Waals surface area contributed by atoms with Gasteiger partial charge < -0.3 is 14.7 Å². The molecule has 1 aliphatic rings. The standard InChI is InChI=1S/C18H23N5O4/c1-12-19-20-21-23(12)16(10-13-5-3-7-15(9-13)27-2)18(26)22-8-4-6-14(22)11-17(24)25/h3,5,7,9,14,16H,4,6,8,10-11H2,1-2H3,(H,24,25). The molecule has 0 spiro atoms. The van der Waals surface area contributed by atoms with Gasteiger partial charge in [0.25, 0.3) is 0 Å². The van der Waals surface area contributed by atoms with E-state index >= 15 is 0 Å². The molecule has 1 fully saturated rings. The summed E-state index contributed by atoms with van der Waals surface area (Å²) in [6, 6.07) is 6.57. The van der Waals surface area contributed by atoms with E-state index in [2.05, 4.69) is 15.5 Å². The number of tetrazole rings is 1. The van der Waals surface area contributed by atoms with Gasteiger partial charge in [-0.25, -0.2) is 4.68 Å². The topological polar surface area (TPSA) is 110 Å². The van der Waals surface area contributed by atoms with Crippen LogP contribution < -0.4 is 4.74 Å². The molecule has 2 heterocycles. The van der Waals surface area contributed by atoms with Crippen molar-refractivity contribution >= 4 is 11.9 Å². The Bertz CT molecular complexity index is 822. The van der Waals surface area contributed by atoms with Crippen molar-refractivity contribution in [1.29, 1.82) is 0 Å². The van der Waals surface area contributed by atoms with E-state index in [0.717, 1.165) is 12.0 Å². The number of carbonyl (C=O) groups is 2. The lowest BCUT2D eigenvalue weighted by Gasteiger charge is -2.28. The molecule has 0 radical (unpaired) electrons. The number of carboxylic acids is 1. The van der Waals surface area contributed by atoms with Crippen molar-refractivity contribution in [3.8, 4) is 5.75 Å². The van der Waals surface area contributed by atoms with Gasteiger partial charge in [0, 0.05) is 19.0 Å². The van der Waals surface area contributed by atoms with E-state index in [1.807, 2.05) is 24.3 Å². The minimum atomic E-state index is -0.900. The van der Waals surface area contributed by atoms with E-state index < -0.39 is 12.0 Å². The zero-order chi connectivity index (χ0) is 19.4. The molecule has 3 rings (SSSR count). The molecule has 2 aromatic rings. The number of rotatable bonds is 7. The Morgan fingerprint density at radius 2 is 2.22 bits per heavy atom. The number of carbonyl (C=O) groups excluding carboxylic acids is 1. The van der Waals surface area contributed by atoms with Crippen molar-refractivity contribution in [2.24, 2.45) is 0 Å². The van der Waals surface area contributed by atoms with Crippen LogP contribution in [0.25, 0.3) is 0 Å². The summed E-state index contributed by atoms with van der Waals surface area (Å²) in [6.07, 6.45) is 1.83. The van der Waals surface area contributed by atoms with Crippen LogP contribution in [-0.2, 0) is 16.0 Å². The second-order valence-corrected chi connectivity index (χ2v) is 6.67. The smallest absolute Gasteiger partial charge is 0.305 e. The van der Waals surface area contributed by atoms with Gasteiger partial charge in [-0.2, -0.15) is 0 Å². The molecule has 0 aliphatic carbocycles. The number of benzene rings is 1. The Labute approximate surface area is 156 Å². The monoisotopic (exact) mass is 373 g/mol. The summed E-state index contributed by atoms with van der Waals surface area (Å²) >= 11 is 0.